The number of carboxylic acid groups (broad SMARTS) is 1. The number of pyridine rings is 1. The number of hydrogen-bond acceptors (Lipinski definition) is 3. The summed E-state index contributed by atoms with van der Waals surface area (Å²) >= 11 is 0. The van der Waals surface area contributed by atoms with Crippen molar-refractivity contribution in [3.8, 4) is 0 Å². The van der Waals surface area contributed by atoms with Crippen LogP contribution in [0.3, 0.4) is 0 Å². The first-order chi connectivity index (χ1) is 10.8. The highest BCUT2D eigenvalue weighted by Crippen LogP contribution is 2.32. The summed E-state index contributed by atoms with van der Waals surface area (Å²) in [4.78, 5) is 17.7. The number of aromatic nitrogens is 1. The van der Waals surface area contributed by atoms with Crippen LogP contribution in [0.25, 0.3) is 0 Å². The Morgan fingerprint density at radius 1 is 1.14 bits per heavy atom. The minimum atomic E-state index is -0.689. The maximum atomic E-state index is 11.4. The molecule has 4 heteroatoms. The Balaban J connectivity index is 1.94. The molecule has 0 amide bonds. The van der Waals surface area contributed by atoms with Crippen molar-refractivity contribution in [3.63, 3.8) is 0 Å². The summed E-state index contributed by atoms with van der Waals surface area (Å²) in [6, 6.07) is 14.4. The number of benzene rings is 1. The van der Waals surface area contributed by atoms with E-state index in [0.717, 1.165) is 24.9 Å². The number of carbonyl (C=O) groups is 1. The summed E-state index contributed by atoms with van der Waals surface area (Å²) in [6.07, 6.45) is 5.28. The first-order valence-corrected chi connectivity index (χ1v) is 7.67. The van der Waals surface area contributed by atoms with E-state index in [9.17, 15) is 9.90 Å². The average Bonchev–Trinajstić information content (AvgIpc) is 2.57. The van der Waals surface area contributed by atoms with E-state index in [1.54, 1.807) is 12.4 Å². The van der Waals surface area contributed by atoms with Crippen LogP contribution in [0.2, 0.25) is 0 Å². The first kappa shape index (κ1) is 14.7. The second kappa shape index (κ2) is 6.71. The quantitative estimate of drug-likeness (QED) is 0.942. The maximum Gasteiger partial charge on any atom is 0.307 e. The topological polar surface area (TPSA) is 53.4 Å². The van der Waals surface area contributed by atoms with Gasteiger partial charge in [0.15, 0.2) is 0 Å². The number of hydrogen-bond donors (Lipinski definition) is 1. The van der Waals surface area contributed by atoms with Crippen LogP contribution >= 0.6 is 0 Å². The van der Waals surface area contributed by atoms with Gasteiger partial charge in [-0.3, -0.25) is 14.7 Å². The monoisotopic (exact) mass is 296 g/mol. The van der Waals surface area contributed by atoms with Gasteiger partial charge >= 0.3 is 5.97 Å². The summed E-state index contributed by atoms with van der Waals surface area (Å²) in [5.74, 6) is -0.965. The van der Waals surface area contributed by atoms with Gasteiger partial charge in [-0.15, -0.1) is 0 Å². The van der Waals surface area contributed by atoms with E-state index in [1.165, 1.54) is 5.56 Å². The Labute approximate surface area is 130 Å². The van der Waals surface area contributed by atoms with Crippen LogP contribution in [-0.2, 0) is 4.79 Å². The highest BCUT2D eigenvalue weighted by molar-refractivity contribution is 5.70. The lowest BCUT2D eigenvalue weighted by atomic mass is 9.92. The van der Waals surface area contributed by atoms with Gasteiger partial charge in [0.05, 0.1) is 12.0 Å². The molecule has 22 heavy (non-hydrogen) atoms. The van der Waals surface area contributed by atoms with Gasteiger partial charge in [-0.1, -0.05) is 30.3 Å². The van der Waals surface area contributed by atoms with Crippen molar-refractivity contribution in [1.82, 2.24) is 9.88 Å². The summed E-state index contributed by atoms with van der Waals surface area (Å²) < 4.78 is 0. The van der Waals surface area contributed by atoms with E-state index < -0.39 is 5.97 Å². The lowest BCUT2D eigenvalue weighted by Crippen LogP contribution is -2.41. The fraction of sp³-hybridized carbons (Fsp3) is 0.333. The number of aliphatic carboxylic acids is 1. The summed E-state index contributed by atoms with van der Waals surface area (Å²) in [6.45, 7) is 1.52. The third-order valence-corrected chi connectivity index (χ3v) is 4.30. The van der Waals surface area contributed by atoms with Gasteiger partial charge < -0.3 is 5.11 Å². The maximum absolute atomic E-state index is 11.4. The molecule has 0 bridgehead atoms. The normalized spacial score (nSPS) is 20.5. The molecule has 1 saturated heterocycles. The number of nitrogens with zero attached hydrogens (tertiary/aromatic N) is 2. The highest BCUT2D eigenvalue weighted by Gasteiger charge is 2.31. The largest absolute Gasteiger partial charge is 0.481 e. The van der Waals surface area contributed by atoms with Crippen molar-refractivity contribution in [2.45, 2.75) is 18.9 Å². The SMILES string of the molecule is O=C(O)C1CCCN(C(c2ccccc2)c2ccncc2)C1. The van der Waals surface area contributed by atoms with Crippen LogP contribution < -0.4 is 0 Å². The Bertz CT molecular complexity index is 576. The zero-order valence-electron chi connectivity index (χ0n) is 12.4. The van der Waals surface area contributed by atoms with Crippen molar-refractivity contribution >= 4 is 5.97 Å². The Kier molecular flexibility index (Phi) is 4.49. The molecular weight excluding hydrogens is 276 g/mol. The molecule has 2 heterocycles. The number of piperidine rings is 1. The van der Waals surface area contributed by atoms with E-state index in [1.807, 2.05) is 30.3 Å². The van der Waals surface area contributed by atoms with Crippen LogP contribution in [0, 0.1) is 5.92 Å². The van der Waals surface area contributed by atoms with Crippen molar-refractivity contribution in [3.05, 3.63) is 66.0 Å². The minimum Gasteiger partial charge on any atom is -0.481 e. The molecule has 3 rings (SSSR count). The first-order valence-electron chi connectivity index (χ1n) is 7.67. The van der Waals surface area contributed by atoms with Gasteiger partial charge in [-0.05, 0) is 42.6 Å². The predicted molar refractivity (Wildman–Crippen MR) is 84.5 cm³/mol. The summed E-state index contributed by atoms with van der Waals surface area (Å²) in [5, 5.41) is 9.34. The van der Waals surface area contributed by atoms with E-state index in [-0.39, 0.29) is 12.0 Å². The second-order valence-corrected chi connectivity index (χ2v) is 5.77. The van der Waals surface area contributed by atoms with Crippen molar-refractivity contribution in [1.29, 1.82) is 0 Å². The second-order valence-electron chi connectivity index (χ2n) is 5.77. The molecule has 0 aliphatic carbocycles. The molecule has 114 valence electrons. The van der Waals surface area contributed by atoms with Crippen LogP contribution in [0.5, 0.6) is 0 Å². The Morgan fingerprint density at radius 2 is 1.82 bits per heavy atom. The zero-order valence-corrected chi connectivity index (χ0v) is 12.4. The minimum absolute atomic E-state index is 0.0892. The van der Waals surface area contributed by atoms with E-state index >= 15 is 0 Å². The van der Waals surface area contributed by atoms with Gasteiger partial charge in [-0.25, -0.2) is 0 Å². The molecule has 1 aromatic heterocycles. The van der Waals surface area contributed by atoms with Gasteiger partial charge in [0.1, 0.15) is 0 Å². The number of likely N-dealkylation sites (tertiary alicyclic amines) is 1. The molecule has 1 aromatic carbocycles. The lowest BCUT2D eigenvalue weighted by molar-refractivity contribution is -0.143. The molecule has 1 aliphatic rings. The number of rotatable bonds is 4. The fourth-order valence-corrected chi connectivity index (χ4v) is 3.24. The lowest BCUT2D eigenvalue weighted by Gasteiger charge is -2.37. The van der Waals surface area contributed by atoms with Crippen LogP contribution in [-0.4, -0.2) is 34.0 Å². The smallest absolute Gasteiger partial charge is 0.307 e. The molecule has 4 nitrogen and oxygen atoms in total. The van der Waals surface area contributed by atoms with Gasteiger partial charge in [0.25, 0.3) is 0 Å². The molecule has 2 unspecified atom stereocenters. The molecule has 1 N–H and O–H groups in total. The fourth-order valence-electron chi connectivity index (χ4n) is 3.24. The molecule has 1 aliphatic heterocycles. The molecule has 0 radical (unpaired) electrons. The van der Waals surface area contributed by atoms with E-state index in [0.29, 0.717) is 6.54 Å². The van der Waals surface area contributed by atoms with Crippen LogP contribution in [0.1, 0.15) is 30.0 Å². The zero-order chi connectivity index (χ0) is 15.4. The van der Waals surface area contributed by atoms with E-state index in [2.05, 4.69) is 22.0 Å². The van der Waals surface area contributed by atoms with Crippen LogP contribution in [0.4, 0.5) is 0 Å². The molecule has 1 fully saturated rings. The number of carboxylic acids is 1. The molecule has 0 saturated carbocycles. The standard InChI is InChI=1S/C18H20N2O2/c21-18(22)16-7-4-12-20(13-16)17(14-5-2-1-3-6-14)15-8-10-19-11-9-15/h1-3,5-6,8-11,16-17H,4,7,12-13H2,(H,21,22). The van der Waals surface area contributed by atoms with Crippen molar-refractivity contribution < 1.29 is 9.90 Å². The van der Waals surface area contributed by atoms with Gasteiger partial charge in [0.2, 0.25) is 0 Å². The molecule has 0 spiro atoms. The Hall–Kier alpha value is -2.20. The van der Waals surface area contributed by atoms with Crippen molar-refractivity contribution in [2.75, 3.05) is 13.1 Å². The third-order valence-electron chi connectivity index (χ3n) is 4.30. The van der Waals surface area contributed by atoms with Gasteiger partial charge in [0, 0.05) is 18.9 Å². The van der Waals surface area contributed by atoms with E-state index in [4.69, 9.17) is 0 Å². The summed E-state index contributed by atoms with van der Waals surface area (Å²) in [5.41, 5.74) is 2.35. The van der Waals surface area contributed by atoms with Gasteiger partial charge in [-0.2, -0.15) is 0 Å². The van der Waals surface area contributed by atoms with Crippen LogP contribution in [0.15, 0.2) is 54.9 Å². The molecular formula is C18H20N2O2. The molecule has 2 atom stereocenters. The average molecular weight is 296 g/mol. The van der Waals surface area contributed by atoms with Crippen molar-refractivity contribution in [2.24, 2.45) is 5.92 Å². The highest BCUT2D eigenvalue weighted by atomic mass is 16.4. The molecule has 2 aromatic rings. The third kappa shape index (κ3) is 3.17. The predicted octanol–water partition coefficient (Wildman–Crippen LogP) is 2.97. The Morgan fingerprint density at radius 3 is 2.50 bits per heavy atom. The summed E-state index contributed by atoms with van der Waals surface area (Å²) in [7, 11) is 0.